The molecular weight excluding hydrogens is 170 g/mol. The van der Waals surface area contributed by atoms with E-state index in [2.05, 4.69) is 44.2 Å². The van der Waals surface area contributed by atoms with Crippen molar-refractivity contribution in [2.75, 3.05) is 0 Å². The molecule has 0 atom stereocenters. The van der Waals surface area contributed by atoms with Crippen LogP contribution in [0.5, 0.6) is 0 Å². The summed E-state index contributed by atoms with van der Waals surface area (Å²) < 4.78 is 0. The summed E-state index contributed by atoms with van der Waals surface area (Å²) >= 11 is 0. The van der Waals surface area contributed by atoms with Gasteiger partial charge in [0.2, 0.25) is 0 Å². The third kappa shape index (κ3) is 7.41. The largest absolute Gasteiger partial charge is 0.405 e. The van der Waals surface area contributed by atoms with E-state index in [9.17, 15) is 0 Å². The Labute approximate surface area is 87.7 Å². The van der Waals surface area contributed by atoms with E-state index >= 15 is 0 Å². The van der Waals surface area contributed by atoms with Gasteiger partial charge in [-0.15, -0.1) is 0 Å². The zero-order chi connectivity index (χ0) is 10.6. The third-order valence-electron chi connectivity index (χ3n) is 1.71. The van der Waals surface area contributed by atoms with Gasteiger partial charge in [0, 0.05) is 0 Å². The minimum atomic E-state index is 1.06. The molecule has 0 saturated heterocycles. The van der Waals surface area contributed by atoms with Gasteiger partial charge in [0.1, 0.15) is 0 Å². The Morgan fingerprint density at radius 2 is 1.93 bits per heavy atom. The maximum atomic E-state index is 5.36. The molecular formula is C13H21N. The van der Waals surface area contributed by atoms with Crippen LogP contribution in [0.4, 0.5) is 0 Å². The van der Waals surface area contributed by atoms with Gasteiger partial charge in [-0.2, -0.15) is 0 Å². The highest BCUT2D eigenvalue weighted by Gasteiger charge is 1.82. The lowest BCUT2D eigenvalue weighted by Crippen LogP contribution is -1.78. The van der Waals surface area contributed by atoms with E-state index in [1.165, 1.54) is 6.42 Å². The SMILES string of the molecule is CC\C=C/C=C(\C=C/CCC)/C=C/N. The number of allylic oxidation sites excluding steroid dienone is 7. The Hall–Kier alpha value is -1.24. The summed E-state index contributed by atoms with van der Waals surface area (Å²) in [5.74, 6) is 0. The van der Waals surface area contributed by atoms with E-state index in [0.29, 0.717) is 0 Å². The highest BCUT2D eigenvalue weighted by molar-refractivity contribution is 5.33. The second kappa shape index (κ2) is 9.85. The normalized spacial score (nSPS) is 13.7. The first-order valence-corrected chi connectivity index (χ1v) is 5.26. The zero-order valence-electron chi connectivity index (χ0n) is 9.24. The Kier molecular flexibility index (Phi) is 8.97. The quantitative estimate of drug-likeness (QED) is 0.636. The van der Waals surface area contributed by atoms with Crippen molar-refractivity contribution in [1.82, 2.24) is 0 Å². The van der Waals surface area contributed by atoms with Gasteiger partial charge in [-0.25, -0.2) is 0 Å². The molecule has 0 rings (SSSR count). The van der Waals surface area contributed by atoms with Crippen molar-refractivity contribution in [1.29, 1.82) is 0 Å². The van der Waals surface area contributed by atoms with Gasteiger partial charge >= 0.3 is 0 Å². The van der Waals surface area contributed by atoms with Crippen LogP contribution in [0.15, 0.2) is 48.2 Å². The van der Waals surface area contributed by atoms with Crippen molar-refractivity contribution in [3.05, 3.63) is 48.2 Å². The molecule has 0 aliphatic heterocycles. The van der Waals surface area contributed by atoms with Crippen molar-refractivity contribution >= 4 is 0 Å². The summed E-state index contributed by atoms with van der Waals surface area (Å²) in [7, 11) is 0. The number of unbranched alkanes of at least 4 members (excludes halogenated alkanes) is 1. The molecule has 0 saturated carbocycles. The number of rotatable bonds is 6. The fourth-order valence-electron chi connectivity index (χ4n) is 0.979. The summed E-state index contributed by atoms with van der Waals surface area (Å²) in [6.07, 6.45) is 17.4. The molecule has 0 amide bonds. The molecule has 1 heteroatoms. The standard InChI is InChI=1S/C13H21N/c1-3-5-7-9-13(11-12-14)10-8-6-4-2/h5,7-12H,3-4,6,14H2,1-2H3/b7-5-,10-8-,12-11+,13-9+. The first-order chi connectivity index (χ1) is 6.85. The Balaban J connectivity index is 4.27. The van der Waals surface area contributed by atoms with Crippen molar-refractivity contribution in [2.45, 2.75) is 33.1 Å². The molecule has 2 N–H and O–H groups in total. The van der Waals surface area contributed by atoms with E-state index in [1.54, 1.807) is 6.20 Å². The summed E-state index contributed by atoms with van der Waals surface area (Å²) in [5, 5.41) is 0. The molecule has 0 radical (unpaired) electrons. The predicted molar refractivity (Wildman–Crippen MR) is 64.9 cm³/mol. The molecule has 0 aromatic heterocycles. The Morgan fingerprint density at radius 1 is 1.14 bits per heavy atom. The van der Waals surface area contributed by atoms with Crippen LogP contribution in [0, 0.1) is 0 Å². The van der Waals surface area contributed by atoms with E-state index in [4.69, 9.17) is 5.73 Å². The van der Waals surface area contributed by atoms with Gasteiger partial charge < -0.3 is 5.73 Å². The topological polar surface area (TPSA) is 26.0 Å². The molecule has 0 bridgehead atoms. The van der Waals surface area contributed by atoms with E-state index in [0.717, 1.165) is 18.4 Å². The lowest BCUT2D eigenvalue weighted by molar-refractivity contribution is 0.958. The van der Waals surface area contributed by atoms with Crippen LogP contribution >= 0.6 is 0 Å². The number of hydrogen-bond acceptors (Lipinski definition) is 1. The van der Waals surface area contributed by atoms with Crippen LogP contribution in [0.2, 0.25) is 0 Å². The van der Waals surface area contributed by atoms with Gasteiger partial charge in [-0.1, -0.05) is 50.6 Å². The van der Waals surface area contributed by atoms with Gasteiger partial charge in [0.05, 0.1) is 0 Å². The zero-order valence-corrected chi connectivity index (χ0v) is 9.24. The fourth-order valence-corrected chi connectivity index (χ4v) is 0.979. The predicted octanol–water partition coefficient (Wildman–Crippen LogP) is 3.71. The van der Waals surface area contributed by atoms with Gasteiger partial charge in [0.15, 0.2) is 0 Å². The van der Waals surface area contributed by atoms with Crippen LogP contribution in [-0.2, 0) is 0 Å². The molecule has 14 heavy (non-hydrogen) atoms. The average molecular weight is 191 g/mol. The third-order valence-corrected chi connectivity index (χ3v) is 1.71. The molecule has 0 unspecified atom stereocenters. The van der Waals surface area contributed by atoms with Crippen molar-refractivity contribution in [2.24, 2.45) is 5.73 Å². The van der Waals surface area contributed by atoms with Crippen molar-refractivity contribution in [3.63, 3.8) is 0 Å². The van der Waals surface area contributed by atoms with Gasteiger partial charge in [-0.3, -0.25) is 0 Å². The highest BCUT2D eigenvalue weighted by atomic mass is 14.5. The molecule has 0 aromatic carbocycles. The van der Waals surface area contributed by atoms with Gasteiger partial charge in [-0.05, 0) is 30.7 Å². The molecule has 0 aliphatic carbocycles. The Morgan fingerprint density at radius 3 is 2.50 bits per heavy atom. The van der Waals surface area contributed by atoms with Crippen LogP contribution < -0.4 is 5.73 Å². The Bertz CT molecular complexity index is 232. The second-order valence-corrected chi connectivity index (χ2v) is 3.05. The van der Waals surface area contributed by atoms with Crippen molar-refractivity contribution in [3.8, 4) is 0 Å². The number of hydrogen-bond donors (Lipinski definition) is 1. The minimum absolute atomic E-state index is 1.06. The molecule has 0 fully saturated rings. The smallest absolute Gasteiger partial charge is 0.00564 e. The molecule has 0 aromatic rings. The monoisotopic (exact) mass is 191 g/mol. The average Bonchev–Trinajstić information content (AvgIpc) is 2.18. The van der Waals surface area contributed by atoms with Gasteiger partial charge in [0.25, 0.3) is 0 Å². The summed E-state index contributed by atoms with van der Waals surface area (Å²) in [6.45, 7) is 4.29. The fraction of sp³-hybridized carbons (Fsp3) is 0.385. The van der Waals surface area contributed by atoms with Crippen LogP contribution in [0.3, 0.4) is 0 Å². The summed E-state index contributed by atoms with van der Waals surface area (Å²) in [5.41, 5.74) is 6.50. The first-order valence-electron chi connectivity index (χ1n) is 5.26. The molecule has 1 nitrogen and oxygen atoms in total. The highest BCUT2D eigenvalue weighted by Crippen LogP contribution is 2.01. The lowest BCUT2D eigenvalue weighted by Gasteiger charge is -1.91. The van der Waals surface area contributed by atoms with Crippen LogP contribution in [0.25, 0.3) is 0 Å². The van der Waals surface area contributed by atoms with E-state index in [1.807, 2.05) is 6.08 Å². The second-order valence-electron chi connectivity index (χ2n) is 3.05. The number of nitrogens with two attached hydrogens (primary N) is 1. The van der Waals surface area contributed by atoms with E-state index < -0.39 is 0 Å². The van der Waals surface area contributed by atoms with Crippen LogP contribution in [-0.4, -0.2) is 0 Å². The molecule has 0 spiro atoms. The molecule has 0 heterocycles. The van der Waals surface area contributed by atoms with Crippen LogP contribution in [0.1, 0.15) is 33.1 Å². The summed E-state index contributed by atoms with van der Waals surface area (Å²) in [6, 6.07) is 0. The first kappa shape index (κ1) is 12.8. The maximum Gasteiger partial charge on any atom is -0.00564 e. The molecule has 0 aliphatic rings. The minimum Gasteiger partial charge on any atom is -0.405 e. The molecule has 78 valence electrons. The van der Waals surface area contributed by atoms with E-state index in [-0.39, 0.29) is 0 Å². The van der Waals surface area contributed by atoms with Crippen molar-refractivity contribution < 1.29 is 0 Å². The summed E-state index contributed by atoms with van der Waals surface area (Å²) in [4.78, 5) is 0. The lowest BCUT2D eigenvalue weighted by atomic mass is 10.2. The maximum absolute atomic E-state index is 5.36.